The van der Waals surface area contributed by atoms with Gasteiger partial charge in [0.15, 0.2) is 0 Å². The zero-order chi connectivity index (χ0) is 12.3. The lowest BCUT2D eigenvalue weighted by Crippen LogP contribution is -2.28. The van der Waals surface area contributed by atoms with Crippen LogP contribution in [0.4, 0.5) is 0 Å². The SMILES string of the molecule is CCCCc1nc2ccccc2n1CC(=O)[O-]. The molecule has 0 fully saturated rings. The molecule has 0 atom stereocenters. The number of imidazole rings is 1. The second-order valence-corrected chi connectivity index (χ2v) is 4.08. The minimum Gasteiger partial charge on any atom is -0.548 e. The lowest BCUT2D eigenvalue weighted by molar-refractivity contribution is -0.306. The molecular weight excluding hydrogens is 216 g/mol. The van der Waals surface area contributed by atoms with Crippen LogP contribution in [0.15, 0.2) is 24.3 Å². The molecule has 0 saturated carbocycles. The van der Waals surface area contributed by atoms with Gasteiger partial charge in [-0.2, -0.15) is 0 Å². The number of benzene rings is 1. The maximum Gasteiger partial charge on any atom is 0.110 e. The molecule has 0 saturated heterocycles. The quantitative estimate of drug-likeness (QED) is 0.775. The van der Waals surface area contributed by atoms with Crippen LogP contribution in [-0.4, -0.2) is 15.5 Å². The molecule has 2 aromatic rings. The summed E-state index contributed by atoms with van der Waals surface area (Å²) < 4.78 is 1.74. The topological polar surface area (TPSA) is 58.0 Å². The van der Waals surface area contributed by atoms with E-state index in [0.717, 1.165) is 36.1 Å². The van der Waals surface area contributed by atoms with Crippen molar-refractivity contribution in [3.05, 3.63) is 30.1 Å². The molecule has 0 aliphatic rings. The fraction of sp³-hybridized carbons (Fsp3) is 0.385. The first-order valence-corrected chi connectivity index (χ1v) is 5.86. The molecule has 0 spiro atoms. The normalized spacial score (nSPS) is 10.9. The van der Waals surface area contributed by atoms with Gasteiger partial charge in [0.25, 0.3) is 0 Å². The number of para-hydroxylation sites is 2. The maximum absolute atomic E-state index is 10.8. The first kappa shape index (κ1) is 11.6. The molecule has 0 amide bonds. The molecule has 17 heavy (non-hydrogen) atoms. The highest BCUT2D eigenvalue weighted by molar-refractivity contribution is 5.78. The number of fused-ring (bicyclic) bond motifs is 1. The van der Waals surface area contributed by atoms with Crippen molar-refractivity contribution in [2.75, 3.05) is 0 Å². The van der Waals surface area contributed by atoms with E-state index in [1.165, 1.54) is 0 Å². The van der Waals surface area contributed by atoms with Crippen LogP contribution < -0.4 is 5.11 Å². The third kappa shape index (κ3) is 2.46. The van der Waals surface area contributed by atoms with Crippen molar-refractivity contribution in [3.8, 4) is 0 Å². The molecule has 0 aliphatic carbocycles. The van der Waals surface area contributed by atoms with Crippen LogP contribution in [0.25, 0.3) is 11.0 Å². The molecule has 0 N–H and O–H groups in total. The van der Waals surface area contributed by atoms with E-state index in [0.29, 0.717) is 0 Å². The van der Waals surface area contributed by atoms with Crippen LogP contribution in [0, 0.1) is 0 Å². The van der Waals surface area contributed by atoms with Gasteiger partial charge in [0.05, 0.1) is 23.5 Å². The fourth-order valence-electron chi connectivity index (χ4n) is 1.96. The number of carbonyl (C=O) groups excluding carboxylic acids is 1. The van der Waals surface area contributed by atoms with E-state index in [2.05, 4.69) is 11.9 Å². The van der Waals surface area contributed by atoms with Gasteiger partial charge >= 0.3 is 0 Å². The number of unbranched alkanes of at least 4 members (excludes halogenated alkanes) is 1. The average Bonchev–Trinajstić information content (AvgIpc) is 2.64. The van der Waals surface area contributed by atoms with Crippen LogP contribution in [0.1, 0.15) is 25.6 Å². The molecule has 4 heteroatoms. The van der Waals surface area contributed by atoms with Crippen LogP contribution in [0.3, 0.4) is 0 Å². The third-order valence-corrected chi connectivity index (χ3v) is 2.77. The van der Waals surface area contributed by atoms with Crippen molar-refractivity contribution in [1.82, 2.24) is 9.55 Å². The molecule has 0 unspecified atom stereocenters. The van der Waals surface area contributed by atoms with Crippen molar-refractivity contribution in [1.29, 1.82) is 0 Å². The Hall–Kier alpha value is -1.84. The van der Waals surface area contributed by atoms with E-state index in [1.54, 1.807) is 4.57 Å². The van der Waals surface area contributed by atoms with E-state index in [1.807, 2.05) is 24.3 Å². The Morgan fingerprint density at radius 1 is 1.41 bits per heavy atom. The van der Waals surface area contributed by atoms with Crippen LogP contribution >= 0.6 is 0 Å². The minimum atomic E-state index is -1.08. The zero-order valence-corrected chi connectivity index (χ0v) is 9.85. The Balaban J connectivity index is 2.44. The number of carbonyl (C=O) groups is 1. The van der Waals surface area contributed by atoms with Crippen molar-refractivity contribution >= 4 is 17.0 Å². The number of hydrogen-bond acceptors (Lipinski definition) is 3. The van der Waals surface area contributed by atoms with Gasteiger partial charge in [0.1, 0.15) is 5.82 Å². The summed E-state index contributed by atoms with van der Waals surface area (Å²) in [5.74, 6) is -0.247. The summed E-state index contributed by atoms with van der Waals surface area (Å²) in [7, 11) is 0. The standard InChI is InChI=1S/C13H16N2O2/c1-2-3-8-12-14-10-6-4-5-7-11(10)15(12)9-13(16)17/h4-7H,2-3,8-9H2,1H3,(H,16,17)/p-1. The highest BCUT2D eigenvalue weighted by Gasteiger charge is 2.09. The Morgan fingerprint density at radius 2 is 2.18 bits per heavy atom. The van der Waals surface area contributed by atoms with E-state index in [-0.39, 0.29) is 6.54 Å². The van der Waals surface area contributed by atoms with E-state index in [9.17, 15) is 9.90 Å². The summed E-state index contributed by atoms with van der Waals surface area (Å²) in [6, 6.07) is 7.58. The number of aliphatic carboxylic acids is 1. The van der Waals surface area contributed by atoms with Crippen molar-refractivity contribution < 1.29 is 9.90 Å². The molecule has 2 rings (SSSR count). The molecule has 90 valence electrons. The average molecular weight is 231 g/mol. The summed E-state index contributed by atoms with van der Waals surface area (Å²) in [4.78, 5) is 15.3. The number of carboxylic acid groups (broad SMARTS) is 1. The Kier molecular flexibility index (Phi) is 3.42. The fourth-order valence-corrected chi connectivity index (χ4v) is 1.96. The summed E-state index contributed by atoms with van der Waals surface area (Å²) in [6.45, 7) is 1.98. The van der Waals surface area contributed by atoms with Gasteiger partial charge in [-0.15, -0.1) is 0 Å². The monoisotopic (exact) mass is 231 g/mol. The highest BCUT2D eigenvalue weighted by Crippen LogP contribution is 2.17. The minimum absolute atomic E-state index is 0.125. The first-order valence-electron chi connectivity index (χ1n) is 5.86. The summed E-state index contributed by atoms with van der Waals surface area (Å²) >= 11 is 0. The second-order valence-electron chi connectivity index (χ2n) is 4.08. The van der Waals surface area contributed by atoms with Crippen LogP contribution in [0.2, 0.25) is 0 Å². The predicted molar refractivity (Wildman–Crippen MR) is 63.4 cm³/mol. The Labute approximate surface area is 99.9 Å². The molecule has 1 aromatic carbocycles. The van der Waals surface area contributed by atoms with Crippen molar-refractivity contribution in [2.24, 2.45) is 0 Å². The molecular formula is C13H15N2O2-. The Bertz CT molecular complexity index is 531. The summed E-state index contributed by atoms with van der Waals surface area (Å²) in [5, 5.41) is 10.8. The highest BCUT2D eigenvalue weighted by atomic mass is 16.4. The molecule has 4 nitrogen and oxygen atoms in total. The maximum atomic E-state index is 10.8. The third-order valence-electron chi connectivity index (χ3n) is 2.77. The Morgan fingerprint density at radius 3 is 2.88 bits per heavy atom. The second kappa shape index (κ2) is 4.99. The van der Waals surface area contributed by atoms with E-state index >= 15 is 0 Å². The van der Waals surface area contributed by atoms with Gasteiger partial charge in [-0.3, -0.25) is 0 Å². The number of hydrogen-bond donors (Lipinski definition) is 0. The molecule has 0 aliphatic heterocycles. The number of rotatable bonds is 5. The van der Waals surface area contributed by atoms with Gasteiger partial charge in [0.2, 0.25) is 0 Å². The van der Waals surface area contributed by atoms with Gasteiger partial charge in [-0.25, -0.2) is 4.98 Å². The number of aryl methyl sites for hydroxylation is 1. The van der Waals surface area contributed by atoms with Gasteiger partial charge < -0.3 is 14.5 Å². The lowest BCUT2D eigenvalue weighted by atomic mass is 10.2. The number of carboxylic acids is 1. The van der Waals surface area contributed by atoms with Gasteiger partial charge in [0, 0.05) is 6.42 Å². The molecule has 0 radical (unpaired) electrons. The van der Waals surface area contributed by atoms with E-state index in [4.69, 9.17) is 0 Å². The smallest absolute Gasteiger partial charge is 0.110 e. The van der Waals surface area contributed by atoms with Crippen molar-refractivity contribution in [3.63, 3.8) is 0 Å². The zero-order valence-electron chi connectivity index (χ0n) is 9.85. The predicted octanol–water partition coefficient (Wildman–Crippen LogP) is 1.13. The van der Waals surface area contributed by atoms with Crippen molar-refractivity contribution in [2.45, 2.75) is 32.7 Å². The summed E-state index contributed by atoms with van der Waals surface area (Å²) in [6.07, 6.45) is 2.88. The number of aromatic nitrogens is 2. The van der Waals surface area contributed by atoms with E-state index < -0.39 is 5.97 Å². The van der Waals surface area contributed by atoms with Crippen LogP contribution in [-0.2, 0) is 17.8 Å². The van der Waals surface area contributed by atoms with Crippen LogP contribution in [0.5, 0.6) is 0 Å². The number of nitrogens with zero attached hydrogens (tertiary/aromatic N) is 2. The first-order chi connectivity index (χ1) is 8.22. The molecule has 1 heterocycles. The lowest BCUT2D eigenvalue weighted by Gasteiger charge is -2.09. The van der Waals surface area contributed by atoms with Gasteiger partial charge in [-0.05, 0) is 18.6 Å². The molecule has 0 bridgehead atoms. The largest absolute Gasteiger partial charge is 0.548 e. The van der Waals surface area contributed by atoms with Gasteiger partial charge in [-0.1, -0.05) is 25.5 Å². The summed E-state index contributed by atoms with van der Waals surface area (Å²) in [5.41, 5.74) is 1.71. The molecule has 1 aromatic heterocycles.